The molecule has 12 nitrogen and oxygen atoms in total. The van der Waals surface area contributed by atoms with Gasteiger partial charge in [-0.3, -0.25) is 4.79 Å². The van der Waals surface area contributed by atoms with Gasteiger partial charge < -0.3 is 51.2 Å². The van der Waals surface area contributed by atoms with Crippen molar-refractivity contribution in [3.63, 3.8) is 0 Å². The predicted molar refractivity (Wildman–Crippen MR) is 354 cm³/mol. The number of phenolic OH excluding ortho intramolecular Hbond substituents is 2. The van der Waals surface area contributed by atoms with Gasteiger partial charge in [0.2, 0.25) is 0 Å². The Hall–Kier alpha value is -5.68. The van der Waals surface area contributed by atoms with Crippen molar-refractivity contribution in [1.29, 1.82) is 0 Å². The molecule has 12 heteroatoms. The summed E-state index contributed by atoms with van der Waals surface area (Å²) in [6.07, 6.45) is 31.5. The number of aliphatic hydroxyl groups is 4. The fourth-order valence-electron chi connectivity index (χ4n) is 25.0. The van der Waals surface area contributed by atoms with Crippen LogP contribution < -0.4 is 15.8 Å². The molecule has 92 heavy (non-hydrogen) atoms. The highest BCUT2D eigenvalue weighted by atomic mass is 16.5. The SMILES string of the molecule is C[C@@H]1C[C@@]23C[C@@H]4[C@@H](O[C@@H]5CC[C@H]6CCC[C@@]64[C@H]5CO)[C@@H]4[C@H]2c2c(O)c(OC5CCCC5)cc5c2C#CC[C@@H]2C[C@]4(CO)C=C3[C@](/C=C/[C@H]3C[C@H]4C[C@]6(CO)C=CCC[C@@H]6C(CO)=C4C(=O)C[C@@H]53)(C1)c1cc(O)cc(c1)Cc1cccc(c1)C1(CCCCC1)NC(N)=N2. The second kappa shape index (κ2) is 22.2. The zero-order chi connectivity index (χ0) is 62.7. The summed E-state index contributed by atoms with van der Waals surface area (Å²) in [6, 6.07) is 16.9. The molecule has 3 aromatic rings. The molecule has 1 saturated heterocycles. The van der Waals surface area contributed by atoms with Gasteiger partial charge in [-0.1, -0.05) is 111 Å². The molecule has 14 aliphatic rings. The number of benzene rings is 3. The summed E-state index contributed by atoms with van der Waals surface area (Å²) in [7, 11) is 0. The molecule has 0 amide bonds. The number of nitrogens with zero attached hydrogens (tertiary/aromatic N) is 1. The quantitative estimate of drug-likeness (QED) is 0.0860. The molecule has 7 saturated carbocycles. The fraction of sp³-hybridized carbons (Fsp3) is 0.625. The van der Waals surface area contributed by atoms with Gasteiger partial charge in [0.15, 0.2) is 23.2 Å². The van der Waals surface area contributed by atoms with Crippen molar-refractivity contribution in [1.82, 2.24) is 5.32 Å². The zero-order valence-corrected chi connectivity index (χ0v) is 54.0. The van der Waals surface area contributed by atoms with Crippen LogP contribution in [0.3, 0.4) is 0 Å². The minimum absolute atomic E-state index is 0.00821. The van der Waals surface area contributed by atoms with Crippen molar-refractivity contribution in [3.05, 3.63) is 135 Å². The van der Waals surface area contributed by atoms with Gasteiger partial charge in [-0.05, 0) is 220 Å². The Morgan fingerprint density at radius 1 is 0.837 bits per heavy atom. The lowest BCUT2D eigenvalue weighted by Crippen LogP contribution is -2.71. The normalized spacial score (nSPS) is 41.3. The summed E-state index contributed by atoms with van der Waals surface area (Å²) in [6.45, 7) is 1.91. The van der Waals surface area contributed by atoms with Gasteiger partial charge in [-0.2, -0.15) is 0 Å². The van der Waals surface area contributed by atoms with Gasteiger partial charge in [0, 0.05) is 75.6 Å². The number of guanidine groups is 1. The first kappa shape index (κ1) is 60.0. The minimum atomic E-state index is -1.06. The monoisotopic (exact) mass is 1240 g/mol. The van der Waals surface area contributed by atoms with Crippen molar-refractivity contribution in [2.75, 3.05) is 26.4 Å². The maximum Gasteiger partial charge on any atom is 0.189 e. The number of carbonyl (C=O) groups is 1. The van der Waals surface area contributed by atoms with E-state index < -0.39 is 51.0 Å². The van der Waals surface area contributed by atoms with E-state index in [0.717, 1.165) is 160 Å². The molecule has 0 radical (unpaired) electrons. The first-order chi connectivity index (χ1) is 44.7. The molecule has 0 unspecified atom stereocenters. The van der Waals surface area contributed by atoms with E-state index in [0.29, 0.717) is 56.2 Å². The third kappa shape index (κ3) is 8.77. The Labute approximate surface area is 543 Å². The smallest absolute Gasteiger partial charge is 0.189 e. The standard InChI is InChI=1S/C80H97N3O9/c1-46-36-77-27-22-49-32-50-38-75(44-86)23-8-5-19-61(75)60(42-84)68(50)64(89)34-58(49)59-35-66(91-56-16-3-4-17-56)72(90)69-57(59)18-10-15-54(82-74(81)83-79(24-6-2-7-25-79)52-13-9-12-47(29-52)28-48-30-53(77)33-55(88)31-48)39-76(45-87)41-67(77)78(37-46)40-62-73(71(76)70(69)78)92-65-21-20-51-14-11-26-80(51,62)63(65)43-85/h8-9,12-13,22-23,27,29-31,33,35,41,46,49-51,54,56,58,61-63,65,70-71,73,84-88,90H,2-7,11,14-17,19-21,24-26,28,32,34,36-40,42-45H2,1H3,(H3,81,82,83)/b27-22+/t46-,49-,50-,51+,54+,58+,61+,62+,63-,65+,70+,71-,73+,75-,76+,77+,78-,80+/m0/s1. The van der Waals surface area contributed by atoms with Crippen LogP contribution in [-0.4, -0.2) is 93.2 Å². The summed E-state index contributed by atoms with van der Waals surface area (Å²) in [5.74, 6) is 7.15. The van der Waals surface area contributed by atoms with Crippen LogP contribution in [0, 0.1) is 80.8 Å². The van der Waals surface area contributed by atoms with Crippen LogP contribution in [-0.2, 0) is 26.9 Å². The van der Waals surface area contributed by atoms with Gasteiger partial charge in [0.05, 0.1) is 49.7 Å². The molecule has 3 spiro atoms. The number of nitrogens with two attached hydrogens (primary N) is 1. The Kier molecular flexibility index (Phi) is 14.5. The molecule has 3 aromatic carbocycles. The second-order valence-corrected chi connectivity index (χ2v) is 32.6. The highest BCUT2D eigenvalue weighted by Crippen LogP contribution is 2.79. The number of phenols is 2. The van der Waals surface area contributed by atoms with Crippen LogP contribution in [0.5, 0.6) is 17.2 Å². The number of aliphatic hydroxyl groups excluding tert-OH is 4. The highest BCUT2D eigenvalue weighted by molar-refractivity contribution is 5.98. The van der Waals surface area contributed by atoms with Gasteiger partial charge in [-0.15, -0.1) is 0 Å². The first-order valence-electron chi connectivity index (χ1n) is 36.3. The highest BCUT2D eigenvalue weighted by Gasteiger charge is 2.75. The summed E-state index contributed by atoms with van der Waals surface area (Å²) in [5, 5.41) is 79.7. The minimum Gasteiger partial charge on any atom is -0.508 e. The van der Waals surface area contributed by atoms with E-state index in [1.807, 2.05) is 12.1 Å². The van der Waals surface area contributed by atoms with Gasteiger partial charge >= 0.3 is 0 Å². The number of hydrogen-bond acceptors (Lipinski definition) is 12. The number of hydrogen-bond donors (Lipinski definition) is 8. The van der Waals surface area contributed by atoms with E-state index in [9.17, 15) is 30.6 Å². The molecule has 2 aliphatic heterocycles. The molecule has 8 fully saturated rings. The summed E-state index contributed by atoms with van der Waals surface area (Å²) in [4.78, 5) is 21.9. The summed E-state index contributed by atoms with van der Waals surface area (Å²) < 4.78 is 15.4. The molecule has 17 rings (SSSR count). The third-order valence-electron chi connectivity index (χ3n) is 28.2. The average molecular weight is 1240 g/mol. The van der Waals surface area contributed by atoms with E-state index in [4.69, 9.17) is 20.2 Å². The van der Waals surface area contributed by atoms with Crippen LogP contribution >= 0.6 is 0 Å². The summed E-state index contributed by atoms with van der Waals surface area (Å²) >= 11 is 0. The number of fused-ring (bicyclic) bond motifs is 12. The van der Waals surface area contributed by atoms with Gasteiger partial charge in [0.25, 0.3) is 0 Å². The van der Waals surface area contributed by atoms with Crippen molar-refractivity contribution in [2.24, 2.45) is 79.7 Å². The molecular formula is C80H97N3O9. The number of ketones is 1. The number of ether oxygens (including phenoxy) is 2. The fourth-order valence-corrected chi connectivity index (χ4v) is 25.0. The topological polar surface area (TPSA) is 207 Å². The Balaban J connectivity index is 1.01. The van der Waals surface area contributed by atoms with Crippen molar-refractivity contribution in [2.45, 2.75) is 215 Å². The molecule has 2 heterocycles. The van der Waals surface area contributed by atoms with Crippen molar-refractivity contribution < 1.29 is 44.9 Å². The average Bonchev–Trinajstić information content (AvgIpc) is 0.893. The molecule has 18 atom stereocenters. The Morgan fingerprint density at radius 2 is 1.67 bits per heavy atom. The lowest BCUT2D eigenvalue weighted by atomic mass is 9.34. The zero-order valence-electron chi connectivity index (χ0n) is 54.0. The Bertz CT molecular complexity index is 3730. The number of allylic oxidation sites excluding steroid dienone is 5. The number of carbonyl (C=O) groups excluding carboxylic acids is 1. The predicted octanol–water partition coefficient (Wildman–Crippen LogP) is 12.4. The van der Waals surface area contributed by atoms with E-state index in [1.165, 1.54) is 11.1 Å². The number of aromatic hydroxyl groups is 2. The van der Waals surface area contributed by atoms with Crippen LogP contribution in [0.1, 0.15) is 212 Å². The van der Waals surface area contributed by atoms with Gasteiger partial charge in [0.1, 0.15) is 5.75 Å². The molecule has 0 aromatic heterocycles. The lowest BCUT2D eigenvalue weighted by molar-refractivity contribution is -0.286. The van der Waals surface area contributed by atoms with Gasteiger partial charge in [-0.25, -0.2) is 4.99 Å². The molecular weight excluding hydrogens is 1150 g/mol. The van der Waals surface area contributed by atoms with Crippen LogP contribution in [0.2, 0.25) is 0 Å². The molecule has 12 aliphatic carbocycles. The van der Waals surface area contributed by atoms with E-state index in [2.05, 4.69) is 90.9 Å². The van der Waals surface area contributed by atoms with Crippen LogP contribution in [0.25, 0.3) is 0 Å². The molecule has 9 N–H and O–H groups in total. The second-order valence-electron chi connectivity index (χ2n) is 32.6. The van der Waals surface area contributed by atoms with Crippen molar-refractivity contribution >= 4 is 11.7 Å². The molecule has 16 bridgehead atoms. The maximum absolute atomic E-state index is 16.2. The van der Waals surface area contributed by atoms with E-state index >= 15 is 4.79 Å². The molecule has 486 valence electrons. The summed E-state index contributed by atoms with van der Waals surface area (Å²) in [5.41, 5.74) is 12.9. The first-order valence-corrected chi connectivity index (χ1v) is 36.3. The van der Waals surface area contributed by atoms with Crippen molar-refractivity contribution in [3.8, 4) is 29.1 Å². The van der Waals surface area contributed by atoms with E-state index in [-0.39, 0.29) is 109 Å². The Morgan fingerprint density at radius 3 is 2.49 bits per heavy atom. The van der Waals surface area contributed by atoms with E-state index in [1.54, 1.807) is 0 Å². The number of aliphatic imine (C=N–C) groups is 1. The number of rotatable bonds is 6. The van der Waals surface area contributed by atoms with Crippen LogP contribution in [0.15, 0.2) is 101 Å². The lowest BCUT2D eigenvalue weighted by Gasteiger charge is -2.73. The number of nitrogens with one attached hydrogen (secondary N) is 1. The number of Topliss-reactive ketones (excluding diaryl/α,β-unsaturated/α-hetero) is 1. The largest absolute Gasteiger partial charge is 0.508 e. The third-order valence-corrected chi connectivity index (χ3v) is 28.2. The van der Waals surface area contributed by atoms with Crippen LogP contribution in [0.4, 0.5) is 0 Å². The maximum atomic E-state index is 16.2.